The quantitative estimate of drug-likeness (QED) is 0.590. The van der Waals surface area contributed by atoms with Crippen LogP contribution in [0.4, 0.5) is 17.6 Å². The number of amides is 1. The molecule has 4 nitrogen and oxygen atoms in total. The third kappa shape index (κ3) is 6.16. The fourth-order valence-corrected chi connectivity index (χ4v) is 2.21. The fourth-order valence-electron chi connectivity index (χ4n) is 2.21. The molecule has 0 aromatic heterocycles. The Bertz CT molecular complexity index is 578. The molecule has 2 atom stereocenters. The lowest BCUT2D eigenvalue weighted by Crippen LogP contribution is -2.49. The van der Waals surface area contributed by atoms with E-state index in [0.29, 0.717) is 0 Å². The number of carbonyl (C=O) groups is 1. The van der Waals surface area contributed by atoms with E-state index in [4.69, 9.17) is 5.26 Å². The number of alkyl halides is 3. The molecule has 1 amide bonds. The molecular weight excluding hydrogens is 326 g/mol. The number of nitriles is 1. The highest BCUT2D eigenvalue weighted by Gasteiger charge is 2.42. The Hall–Kier alpha value is -2.14. The molecule has 0 aliphatic carbocycles. The molecule has 0 fully saturated rings. The summed E-state index contributed by atoms with van der Waals surface area (Å²) in [6, 6.07) is 2.38. The topological polar surface area (TPSA) is 64.9 Å². The first-order valence-corrected chi connectivity index (χ1v) is 7.38. The standard InChI is InChI=1S/C16H19F4N3O/c1-10(2)9-13(15(24)22-8-7-21)23-14(16(18,19)20)11-3-5-12(17)6-4-11/h3-6,10,13-14,23H,8-9H2,1-2H3,(H,22,24)/t13-,14-/m0/s1. The highest BCUT2D eigenvalue weighted by molar-refractivity contribution is 5.82. The van der Waals surface area contributed by atoms with Crippen molar-refractivity contribution < 1.29 is 22.4 Å². The molecule has 0 saturated carbocycles. The van der Waals surface area contributed by atoms with Crippen LogP contribution in [-0.4, -0.2) is 24.7 Å². The van der Waals surface area contributed by atoms with Gasteiger partial charge in [-0.15, -0.1) is 0 Å². The summed E-state index contributed by atoms with van der Waals surface area (Å²) in [5, 5.41) is 13.1. The molecule has 0 spiro atoms. The van der Waals surface area contributed by atoms with Crippen LogP contribution in [0.5, 0.6) is 0 Å². The van der Waals surface area contributed by atoms with Gasteiger partial charge < -0.3 is 5.32 Å². The molecule has 1 rings (SSSR count). The SMILES string of the molecule is CC(C)C[C@H](N[C@@H](c1ccc(F)cc1)C(F)(F)F)C(=O)NCC#N. The molecular formula is C16H19F4N3O. The maximum atomic E-state index is 13.4. The second-order valence-electron chi connectivity index (χ2n) is 5.75. The molecule has 1 aromatic rings. The van der Waals surface area contributed by atoms with Crippen LogP contribution in [-0.2, 0) is 4.79 Å². The van der Waals surface area contributed by atoms with Gasteiger partial charge in [-0.2, -0.15) is 18.4 Å². The molecule has 8 heteroatoms. The van der Waals surface area contributed by atoms with E-state index in [1.54, 1.807) is 19.9 Å². The van der Waals surface area contributed by atoms with Crippen LogP contribution in [0.15, 0.2) is 24.3 Å². The molecule has 132 valence electrons. The van der Waals surface area contributed by atoms with Gasteiger partial charge in [-0.1, -0.05) is 26.0 Å². The van der Waals surface area contributed by atoms with E-state index in [1.807, 2.05) is 0 Å². The average Bonchev–Trinajstić information content (AvgIpc) is 2.48. The van der Waals surface area contributed by atoms with Crippen molar-refractivity contribution in [3.63, 3.8) is 0 Å². The first kappa shape index (κ1) is 19.9. The van der Waals surface area contributed by atoms with Crippen molar-refractivity contribution >= 4 is 5.91 Å². The van der Waals surface area contributed by atoms with E-state index in [-0.39, 0.29) is 24.4 Å². The van der Waals surface area contributed by atoms with Gasteiger partial charge in [0.2, 0.25) is 5.91 Å². The largest absolute Gasteiger partial charge is 0.407 e. The summed E-state index contributed by atoms with van der Waals surface area (Å²) in [5.41, 5.74) is -0.189. The van der Waals surface area contributed by atoms with E-state index in [2.05, 4.69) is 10.6 Å². The Morgan fingerprint density at radius 3 is 2.29 bits per heavy atom. The Morgan fingerprint density at radius 2 is 1.83 bits per heavy atom. The van der Waals surface area contributed by atoms with Crippen molar-refractivity contribution in [1.82, 2.24) is 10.6 Å². The van der Waals surface area contributed by atoms with E-state index in [9.17, 15) is 22.4 Å². The number of nitrogens with zero attached hydrogens (tertiary/aromatic N) is 1. The monoisotopic (exact) mass is 345 g/mol. The van der Waals surface area contributed by atoms with Gasteiger partial charge in [-0.05, 0) is 30.0 Å². The predicted octanol–water partition coefficient (Wildman–Crippen LogP) is 3.07. The van der Waals surface area contributed by atoms with Crippen LogP contribution in [0.25, 0.3) is 0 Å². The number of hydrogen-bond donors (Lipinski definition) is 2. The first-order valence-electron chi connectivity index (χ1n) is 7.38. The fraction of sp³-hybridized carbons (Fsp3) is 0.500. The average molecular weight is 345 g/mol. The Morgan fingerprint density at radius 1 is 1.25 bits per heavy atom. The maximum Gasteiger partial charge on any atom is 0.407 e. The lowest BCUT2D eigenvalue weighted by atomic mass is 9.99. The van der Waals surface area contributed by atoms with Crippen LogP contribution in [0.2, 0.25) is 0 Å². The molecule has 24 heavy (non-hydrogen) atoms. The van der Waals surface area contributed by atoms with Crippen molar-refractivity contribution in [2.75, 3.05) is 6.54 Å². The molecule has 0 saturated heterocycles. The zero-order valence-corrected chi connectivity index (χ0v) is 13.3. The molecule has 2 N–H and O–H groups in total. The minimum absolute atomic E-state index is 0.0440. The van der Waals surface area contributed by atoms with Crippen LogP contribution >= 0.6 is 0 Å². The number of carbonyl (C=O) groups excluding carboxylic acids is 1. The van der Waals surface area contributed by atoms with Crippen molar-refractivity contribution in [3.05, 3.63) is 35.6 Å². The molecule has 0 aliphatic heterocycles. The molecule has 0 unspecified atom stereocenters. The zero-order valence-electron chi connectivity index (χ0n) is 13.3. The Balaban J connectivity index is 3.05. The van der Waals surface area contributed by atoms with Gasteiger partial charge in [-0.25, -0.2) is 4.39 Å². The summed E-state index contributed by atoms with van der Waals surface area (Å²) < 4.78 is 53.1. The van der Waals surface area contributed by atoms with E-state index >= 15 is 0 Å². The van der Waals surface area contributed by atoms with Crippen LogP contribution < -0.4 is 10.6 Å². The van der Waals surface area contributed by atoms with Gasteiger partial charge in [0, 0.05) is 0 Å². The molecule has 0 radical (unpaired) electrons. The maximum absolute atomic E-state index is 13.4. The minimum atomic E-state index is -4.66. The normalized spacial score (nSPS) is 14.1. The summed E-state index contributed by atoms with van der Waals surface area (Å²) in [6.07, 6.45) is -4.51. The van der Waals surface area contributed by atoms with E-state index < -0.39 is 30.0 Å². The molecule has 0 heterocycles. The van der Waals surface area contributed by atoms with Gasteiger partial charge in [-0.3, -0.25) is 10.1 Å². The van der Waals surface area contributed by atoms with Gasteiger partial charge in [0.15, 0.2) is 0 Å². The zero-order chi connectivity index (χ0) is 18.3. The van der Waals surface area contributed by atoms with Crippen LogP contribution in [0.3, 0.4) is 0 Å². The molecule has 0 bridgehead atoms. The Kier molecular flexibility index (Phi) is 7.17. The van der Waals surface area contributed by atoms with Gasteiger partial charge in [0.1, 0.15) is 18.4 Å². The van der Waals surface area contributed by atoms with Crippen LogP contribution in [0.1, 0.15) is 31.9 Å². The number of halogens is 4. The van der Waals surface area contributed by atoms with E-state index in [1.165, 1.54) is 0 Å². The van der Waals surface area contributed by atoms with Crippen molar-refractivity contribution in [2.24, 2.45) is 5.92 Å². The van der Waals surface area contributed by atoms with Crippen molar-refractivity contribution in [3.8, 4) is 6.07 Å². The Labute approximate surface area is 137 Å². The van der Waals surface area contributed by atoms with Gasteiger partial charge >= 0.3 is 6.18 Å². The summed E-state index contributed by atoms with van der Waals surface area (Å²) in [6.45, 7) is 3.25. The van der Waals surface area contributed by atoms with Crippen molar-refractivity contribution in [2.45, 2.75) is 38.5 Å². The van der Waals surface area contributed by atoms with E-state index in [0.717, 1.165) is 24.3 Å². The third-order valence-electron chi connectivity index (χ3n) is 3.26. The summed E-state index contributed by atoms with van der Waals surface area (Å²) >= 11 is 0. The second-order valence-corrected chi connectivity index (χ2v) is 5.75. The first-order chi connectivity index (χ1) is 11.1. The number of rotatable bonds is 7. The van der Waals surface area contributed by atoms with Gasteiger partial charge in [0.05, 0.1) is 12.1 Å². The number of nitrogens with one attached hydrogen (secondary N) is 2. The smallest absolute Gasteiger partial charge is 0.342 e. The molecule has 0 aliphatic rings. The highest BCUT2D eigenvalue weighted by atomic mass is 19.4. The minimum Gasteiger partial charge on any atom is -0.342 e. The summed E-state index contributed by atoms with van der Waals surface area (Å²) in [5.74, 6) is -1.37. The van der Waals surface area contributed by atoms with Gasteiger partial charge in [0.25, 0.3) is 0 Å². The lowest BCUT2D eigenvalue weighted by Gasteiger charge is -2.28. The number of hydrogen-bond acceptors (Lipinski definition) is 3. The second kappa shape index (κ2) is 8.64. The lowest BCUT2D eigenvalue weighted by molar-refractivity contribution is -0.161. The van der Waals surface area contributed by atoms with Crippen LogP contribution in [0, 0.1) is 23.1 Å². The summed E-state index contributed by atoms with van der Waals surface area (Å²) in [7, 11) is 0. The number of benzene rings is 1. The third-order valence-corrected chi connectivity index (χ3v) is 3.26. The highest BCUT2D eigenvalue weighted by Crippen LogP contribution is 2.33. The molecule has 1 aromatic carbocycles. The predicted molar refractivity (Wildman–Crippen MR) is 80.2 cm³/mol. The van der Waals surface area contributed by atoms with Crippen molar-refractivity contribution in [1.29, 1.82) is 5.26 Å². The summed E-state index contributed by atoms with van der Waals surface area (Å²) in [4.78, 5) is 12.0.